The number of ether oxygens (including phenoxy) is 1. The average molecular weight is 395 g/mol. The third kappa shape index (κ3) is 3.72. The lowest BCUT2D eigenvalue weighted by Crippen LogP contribution is -2.24. The van der Waals surface area contributed by atoms with Gasteiger partial charge in [-0.25, -0.2) is 4.39 Å². The standard InChI is InChI=1S/C22H22FN3O3/c1-13(2)14-4-7-17(8-5-14)26-12-16(11-20(26)27)22-24-21(25-29-22)15-6-9-19(28-3)18(23)10-15/h4-10,13,16H,11-12H2,1-3H3. The number of nitrogens with zero attached hydrogens (tertiary/aromatic N) is 3. The minimum Gasteiger partial charge on any atom is -0.494 e. The minimum absolute atomic E-state index is 0.0162. The van der Waals surface area contributed by atoms with Crippen molar-refractivity contribution in [3.63, 3.8) is 0 Å². The number of amides is 1. The number of aromatic nitrogens is 2. The summed E-state index contributed by atoms with van der Waals surface area (Å²) in [6.07, 6.45) is 0.296. The largest absolute Gasteiger partial charge is 0.494 e. The number of anilines is 1. The SMILES string of the molecule is COc1ccc(-c2noc(C3CC(=O)N(c4ccc(C(C)C)cc4)C3)n2)cc1F. The van der Waals surface area contributed by atoms with Crippen LogP contribution in [0.25, 0.3) is 11.4 Å². The Balaban J connectivity index is 1.52. The molecule has 0 aliphatic carbocycles. The fraction of sp³-hybridized carbons (Fsp3) is 0.318. The zero-order valence-corrected chi connectivity index (χ0v) is 16.6. The average Bonchev–Trinajstić information content (AvgIpc) is 3.35. The van der Waals surface area contributed by atoms with E-state index in [4.69, 9.17) is 9.26 Å². The Morgan fingerprint density at radius 2 is 1.97 bits per heavy atom. The van der Waals surface area contributed by atoms with Gasteiger partial charge in [-0.15, -0.1) is 0 Å². The second-order valence-electron chi connectivity index (χ2n) is 7.46. The normalized spacial score (nSPS) is 16.7. The molecule has 1 unspecified atom stereocenters. The van der Waals surface area contributed by atoms with Gasteiger partial charge in [0.05, 0.1) is 13.0 Å². The summed E-state index contributed by atoms with van der Waals surface area (Å²) in [5.41, 5.74) is 2.58. The summed E-state index contributed by atoms with van der Waals surface area (Å²) in [6, 6.07) is 12.5. The van der Waals surface area contributed by atoms with Gasteiger partial charge in [-0.3, -0.25) is 4.79 Å². The van der Waals surface area contributed by atoms with Gasteiger partial charge in [-0.05, 0) is 41.8 Å². The minimum atomic E-state index is -0.497. The zero-order chi connectivity index (χ0) is 20.5. The molecule has 6 nitrogen and oxygen atoms in total. The Kier molecular flexibility index (Phi) is 5.05. The van der Waals surface area contributed by atoms with E-state index in [9.17, 15) is 9.18 Å². The molecule has 1 aliphatic rings. The van der Waals surface area contributed by atoms with Crippen LogP contribution < -0.4 is 9.64 Å². The highest BCUT2D eigenvalue weighted by Crippen LogP contribution is 2.33. The smallest absolute Gasteiger partial charge is 0.232 e. The molecule has 0 N–H and O–H groups in total. The third-order valence-corrected chi connectivity index (χ3v) is 5.20. The van der Waals surface area contributed by atoms with E-state index in [1.54, 1.807) is 11.0 Å². The predicted molar refractivity (Wildman–Crippen MR) is 106 cm³/mol. The molecule has 1 fully saturated rings. The summed E-state index contributed by atoms with van der Waals surface area (Å²) >= 11 is 0. The van der Waals surface area contributed by atoms with Crippen molar-refractivity contribution in [2.75, 3.05) is 18.6 Å². The summed E-state index contributed by atoms with van der Waals surface area (Å²) in [5, 5.41) is 3.96. The van der Waals surface area contributed by atoms with E-state index in [0.717, 1.165) is 5.69 Å². The summed E-state index contributed by atoms with van der Waals surface area (Å²) in [6.45, 7) is 4.74. The molecule has 7 heteroatoms. The number of halogens is 1. The first-order chi connectivity index (χ1) is 14.0. The lowest BCUT2D eigenvalue weighted by atomic mass is 10.0. The van der Waals surface area contributed by atoms with Crippen molar-refractivity contribution >= 4 is 11.6 Å². The number of rotatable bonds is 5. The number of methoxy groups -OCH3 is 1. The predicted octanol–water partition coefficient (Wildman–Crippen LogP) is 4.53. The molecular weight excluding hydrogens is 373 g/mol. The number of hydrogen-bond donors (Lipinski definition) is 0. The van der Waals surface area contributed by atoms with Crippen LogP contribution in [0.3, 0.4) is 0 Å². The van der Waals surface area contributed by atoms with Gasteiger partial charge in [0, 0.05) is 24.2 Å². The fourth-order valence-electron chi connectivity index (χ4n) is 3.49. The van der Waals surface area contributed by atoms with Crippen molar-refractivity contribution in [3.8, 4) is 17.1 Å². The topological polar surface area (TPSA) is 68.5 Å². The molecule has 2 aromatic carbocycles. The van der Waals surface area contributed by atoms with E-state index >= 15 is 0 Å². The highest BCUT2D eigenvalue weighted by Gasteiger charge is 2.35. The van der Waals surface area contributed by atoms with Crippen molar-refractivity contribution in [2.24, 2.45) is 0 Å². The van der Waals surface area contributed by atoms with Gasteiger partial charge in [0.2, 0.25) is 17.6 Å². The van der Waals surface area contributed by atoms with Crippen LogP contribution in [0.2, 0.25) is 0 Å². The van der Waals surface area contributed by atoms with Crippen molar-refractivity contribution in [3.05, 3.63) is 59.7 Å². The van der Waals surface area contributed by atoms with E-state index in [0.29, 0.717) is 30.3 Å². The molecule has 29 heavy (non-hydrogen) atoms. The van der Waals surface area contributed by atoms with E-state index in [1.807, 2.05) is 24.3 Å². The Labute approximate surface area is 168 Å². The van der Waals surface area contributed by atoms with Crippen LogP contribution in [0.5, 0.6) is 5.75 Å². The molecule has 1 saturated heterocycles. The maximum Gasteiger partial charge on any atom is 0.232 e. The van der Waals surface area contributed by atoms with Crippen LogP contribution in [0.4, 0.5) is 10.1 Å². The van der Waals surface area contributed by atoms with Gasteiger partial charge in [-0.2, -0.15) is 4.98 Å². The maximum absolute atomic E-state index is 13.9. The van der Waals surface area contributed by atoms with Crippen LogP contribution >= 0.6 is 0 Å². The second-order valence-corrected chi connectivity index (χ2v) is 7.46. The molecule has 0 saturated carbocycles. The molecule has 0 bridgehead atoms. The van der Waals surface area contributed by atoms with E-state index in [1.165, 1.54) is 24.8 Å². The molecule has 2 heterocycles. The Hall–Kier alpha value is -3.22. The molecular formula is C22H22FN3O3. The zero-order valence-electron chi connectivity index (χ0n) is 16.6. The first-order valence-corrected chi connectivity index (χ1v) is 9.54. The van der Waals surface area contributed by atoms with E-state index in [2.05, 4.69) is 24.0 Å². The van der Waals surface area contributed by atoms with Crippen molar-refractivity contribution < 1.29 is 18.4 Å². The molecule has 4 rings (SSSR count). The van der Waals surface area contributed by atoms with Crippen LogP contribution in [0, 0.1) is 5.82 Å². The summed E-state index contributed by atoms with van der Waals surface area (Å²) < 4.78 is 24.3. The van der Waals surface area contributed by atoms with Gasteiger partial charge >= 0.3 is 0 Å². The molecule has 1 atom stereocenters. The van der Waals surface area contributed by atoms with Crippen LogP contribution in [-0.4, -0.2) is 29.7 Å². The number of benzene rings is 2. The van der Waals surface area contributed by atoms with Gasteiger partial charge in [-0.1, -0.05) is 31.1 Å². The van der Waals surface area contributed by atoms with Crippen LogP contribution in [0.15, 0.2) is 47.0 Å². The molecule has 1 amide bonds. The first kappa shape index (κ1) is 19.1. The summed E-state index contributed by atoms with van der Waals surface area (Å²) in [5.74, 6) is 0.575. The van der Waals surface area contributed by atoms with Gasteiger partial charge in [0.15, 0.2) is 11.6 Å². The fourth-order valence-corrected chi connectivity index (χ4v) is 3.49. The number of carbonyl (C=O) groups excluding carboxylic acids is 1. The highest BCUT2D eigenvalue weighted by atomic mass is 19.1. The Morgan fingerprint density at radius 3 is 2.62 bits per heavy atom. The molecule has 0 radical (unpaired) electrons. The quantitative estimate of drug-likeness (QED) is 0.635. The summed E-state index contributed by atoms with van der Waals surface area (Å²) in [7, 11) is 1.41. The van der Waals surface area contributed by atoms with E-state index in [-0.39, 0.29) is 23.4 Å². The van der Waals surface area contributed by atoms with Crippen molar-refractivity contribution in [2.45, 2.75) is 32.1 Å². The highest BCUT2D eigenvalue weighted by molar-refractivity contribution is 5.96. The van der Waals surface area contributed by atoms with Crippen LogP contribution in [-0.2, 0) is 4.79 Å². The maximum atomic E-state index is 13.9. The van der Waals surface area contributed by atoms with Gasteiger partial charge in [0.1, 0.15) is 0 Å². The monoisotopic (exact) mass is 395 g/mol. The first-order valence-electron chi connectivity index (χ1n) is 9.54. The molecule has 150 valence electrons. The molecule has 1 aliphatic heterocycles. The van der Waals surface area contributed by atoms with Gasteiger partial charge < -0.3 is 14.2 Å². The van der Waals surface area contributed by atoms with Crippen LogP contribution in [0.1, 0.15) is 43.6 Å². The number of carbonyl (C=O) groups is 1. The van der Waals surface area contributed by atoms with Crippen molar-refractivity contribution in [1.29, 1.82) is 0 Å². The van der Waals surface area contributed by atoms with E-state index < -0.39 is 5.82 Å². The van der Waals surface area contributed by atoms with Crippen molar-refractivity contribution in [1.82, 2.24) is 10.1 Å². The second kappa shape index (κ2) is 7.66. The lowest BCUT2D eigenvalue weighted by Gasteiger charge is -2.17. The summed E-state index contributed by atoms with van der Waals surface area (Å²) in [4.78, 5) is 18.7. The lowest BCUT2D eigenvalue weighted by molar-refractivity contribution is -0.117. The molecule has 3 aromatic rings. The number of hydrogen-bond acceptors (Lipinski definition) is 5. The molecule has 1 aromatic heterocycles. The Morgan fingerprint density at radius 1 is 1.21 bits per heavy atom. The Bertz CT molecular complexity index is 1030. The van der Waals surface area contributed by atoms with Gasteiger partial charge in [0.25, 0.3) is 0 Å². The molecule has 0 spiro atoms. The third-order valence-electron chi connectivity index (χ3n) is 5.20.